The van der Waals surface area contributed by atoms with E-state index in [1.165, 1.54) is 11.3 Å². The highest BCUT2D eigenvalue weighted by molar-refractivity contribution is 7.22. The Morgan fingerprint density at radius 2 is 1.74 bits per heavy atom. The number of hydrogen-bond donors (Lipinski definition) is 0. The Labute approximate surface area is 191 Å². The number of methoxy groups -OCH3 is 2. The zero-order chi connectivity index (χ0) is 22.4. The summed E-state index contributed by atoms with van der Waals surface area (Å²) in [5.74, 6) is 1.65. The summed E-state index contributed by atoms with van der Waals surface area (Å²) in [6.07, 6.45) is 0.808. The van der Waals surface area contributed by atoms with E-state index in [1.54, 1.807) is 43.4 Å². The Morgan fingerprint density at radius 3 is 2.39 bits per heavy atom. The topological polar surface area (TPSA) is 64.1 Å². The molecule has 0 unspecified atom stereocenters. The van der Waals surface area contributed by atoms with Crippen LogP contribution in [0.2, 0.25) is 5.02 Å². The van der Waals surface area contributed by atoms with Gasteiger partial charge in [-0.05, 0) is 51.3 Å². The van der Waals surface area contributed by atoms with Crippen molar-refractivity contribution in [3.05, 3.63) is 41.4 Å². The van der Waals surface area contributed by atoms with Gasteiger partial charge in [0.25, 0.3) is 5.91 Å². The van der Waals surface area contributed by atoms with Crippen molar-refractivity contribution in [1.29, 1.82) is 0 Å². The molecule has 0 saturated carbocycles. The van der Waals surface area contributed by atoms with Gasteiger partial charge in [-0.2, -0.15) is 0 Å². The number of rotatable bonds is 10. The summed E-state index contributed by atoms with van der Waals surface area (Å²) in [6.45, 7) is 1.30. The van der Waals surface area contributed by atoms with Crippen molar-refractivity contribution < 1.29 is 19.0 Å². The smallest absolute Gasteiger partial charge is 0.266 e. The minimum atomic E-state index is -0.160. The van der Waals surface area contributed by atoms with E-state index >= 15 is 0 Å². The molecule has 0 aliphatic heterocycles. The largest absolute Gasteiger partial charge is 0.493 e. The van der Waals surface area contributed by atoms with Crippen LogP contribution in [0, 0.1) is 0 Å². The van der Waals surface area contributed by atoms with Crippen LogP contribution in [0.3, 0.4) is 0 Å². The van der Waals surface area contributed by atoms with Crippen LogP contribution in [-0.4, -0.2) is 63.8 Å². The molecule has 1 heterocycles. The Balaban J connectivity index is 1.83. The first-order valence-corrected chi connectivity index (χ1v) is 11.0. The van der Waals surface area contributed by atoms with Gasteiger partial charge in [0.2, 0.25) is 0 Å². The maximum Gasteiger partial charge on any atom is 0.266 e. The molecular formula is C22H26ClN3O4S. The van der Waals surface area contributed by atoms with Gasteiger partial charge in [-0.15, -0.1) is 0 Å². The summed E-state index contributed by atoms with van der Waals surface area (Å²) in [5, 5.41) is 1.23. The van der Waals surface area contributed by atoms with Crippen molar-refractivity contribution in [2.75, 3.05) is 52.9 Å². The first-order valence-electron chi connectivity index (χ1n) is 9.77. The molecule has 2 aromatic carbocycles. The van der Waals surface area contributed by atoms with Crippen LogP contribution in [0.25, 0.3) is 10.2 Å². The number of carbonyl (C=O) groups is 1. The van der Waals surface area contributed by atoms with E-state index in [4.69, 9.17) is 25.8 Å². The first kappa shape index (κ1) is 23.1. The van der Waals surface area contributed by atoms with Crippen LogP contribution in [0.5, 0.6) is 17.2 Å². The average molecular weight is 464 g/mol. The number of fused-ring (bicyclic) bond motifs is 1. The third-order valence-electron chi connectivity index (χ3n) is 4.58. The van der Waals surface area contributed by atoms with Crippen molar-refractivity contribution in [1.82, 2.24) is 9.88 Å². The molecular weight excluding hydrogens is 438 g/mol. The normalized spacial score (nSPS) is 11.0. The van der Waals surface area contributed by atoms with Crippen LogP contribution < -0.4 is 19.1 Å². The number of nitrogens with zero attached hydrogens (tertiary/aromatic N) is 3. The fourth-order valence-corrected chi connectivity index (χ4v) is 4.13. The molecule has 0 fully saturated rings. The molecule has 0 atom stereocenters. The Hall–Kier alpha value is -2.55. The van der Waals surface area contributed by atoms with Gasteiger partial charge in [0.05, 0.1) is 24.4 Å². The third-order valence-corrected chi connectivity index (χ3v) is 5.87. The van der Waals surface area contributed by atoms with Crippen LogP contribution >= 0.6 is 22.9 Å². The summed E-state index contributed by atoms with van der Waals surface area (Å²) in [7, 11) is 7.19. The molecule has 31 heavy (non-hydrogen) atoms. The highest BCUT2D eigenvalue weighted by Gasteiger charge is 2.21. The molecule has 3 aromatic rings. The number of amides is 1. The fraction of sp³-hybridized carbons (Fsp3) is 0.364. The number of halogens is 1. The third kappa shape index (κ3) is 6.00. The van der Waals surface area contributed by atoms with E-state index in [-0.39, 0.29) is 12.5 Å². The number of benzene rings is 2. The second-order valence-corrected chi connectivity index (χ2v) is 8.56. The van der Waals surface area contributed by atoms with Gasteiger partial charge < -0.3 is 19.1 Å². The maximum absolute atomic E-state index is 13.1. The quantitative estimate of drug-likeness (QED) is 0.446. The Bertz CT molecular complexity index is 983. The van der Waals surface area contributed by atoms with Gasteiger partial charge in [0, 0.05) is 23.7 Å². The van der Waals surface area contributed by atoms with E-state index in [2.05, 4.69) is 9.88 Å². The van der Waals surface area contributed by atoms with Crippen molar-refractivity contribution in [2.45, 2.75) is 6.42 Å². The molecule has 1 amide bonds. The van der Waals surface area contributed by atoms with Crippen LogP contribution in [-0.2, 0) is 4.79 Å². The lowest BCUT2D eigenvalue weighted by atomic mass is 10.3. The monoisotopic (exact) mass is 463 g/mol. The molecule has 166 valence electrons. The van der Waals surface area contributed by atoms with Crippen LogP contribution in [0.4, 0.5) is 5.13 Å². The van der Waals surface area contributed by atoms with Gasteiger partial charge in [-0.1, -0.05) is 22.9 Å². The minimum Gasteiger partial charge on any atom is -0.493 e. The van der Waals surface area contributed by atoms with Crippen LogP contribution in [0.15, 0.2) is 36.4 Å². The minimum absolute atomic E-state index is 0.0911. The van der Waals surface area contributed by atoms with Gasteiger partial charge in [0.1, 0.15) is 5.75 Å². The van der Waals surface area contributed by atoms with Crippen LogP contribution in [0.1, 0.15) is 6.42 Å². The van der Waals surface area contributed by atoms with Crippen molar-refractivity contribution >= 4 is 44.2 Å². The first-order chi connectivity index (χ1) is 14.9. The summed E-state index contributed by atoms with van der Waals surface area (Å²) in [4.78, 5) is 21.5. The number of ether oxygens (including phenoxy) is 3. The second kappa shape index (κ2) is 10.7. The van der Waals surface area contributed by atoms with E-state index in [0.29, 0.717) is 33.9 Å². The van der Waals surface area contributed by atoms with E-state index in [9.17, 15) is 4.79 Å². The van der Waals surface area contributed by atoms with E-state index in [0.717, 1.165) is 23.2 Å². The van der Waals surface area contributed by atoms with Crippen molar-refractivity contribution in [3.63, 3.8) is 0 Å². The van der Waals surface area contributed by atoms with Crippen molar-refractivity contribution in [3.8, 4) is 17.2 Å². The Morgan fingerprint density at radius 1 is 1.06 bits per heavy atom. The highest BCUT2D eigenvalue weighted by atomic mass is 35.5. The van der Waals surface area contributed by atoms with Gasteiger partial charge in [-0.3, -0.25) is 9.69 Å². The molecule has 0 radical (unpaired) electrons. The SMILES string of the molecule is COc1cc2nc(N(CCCN(C)C)C(=O)COc3ccc(Cl)cc3)sc2cc1OC. The molecule has 9 heteroatoms. The molecule has 3 rings (SSSR count). The summed E-state index contributed by atoms with van der Waals surface area (Å²) < 4.78 is 17.3. The summed E-state index contributed by atoms with van der Waals surface area (Å²) >= 11 is 7.35. The molecule has 7 nitrogen and oxygen atoms in total. The zero-order valence-corrected chi connectivity index (χ0v) is 19.6. The second-order valence-electron chi connectivity index (χ2n) is 7.12. The number of aromatic nitrogens is 1. The van der Waals surface area contributed by atoms with Crippen molar-refractivity contribution in [2.24, 2.45) is 0 Å². The van der Waals surface area contributed by atoms with E-state index < -0.39 is 0 Å². The lowest BCUT2D eigenvalue weighted by molar-refractivity contribution is -0.120. The van der Waals surface area contributed by atoms with Gasteiger partial charge in [0.15, 0.2) is 23.2 Å². The number of hydrogen-bond acceptors (Lipinski definition) is 7. The zero-order valence-electron chi connectivity index (χ0n) is 18.1. The fourth-order valence-electron chi connectivity index (χ4n) is 2.98. The average Bonchev–Trinajstić information content (AvgIpc) is 3.17. The highest BCUT2D eigenvalue weighted by Crippen LogP contribution is 2.37. The Kier molecular flexibility index (Phi) is 7.95. The predicted octanol–water partition coefficient (Wildman–Crippen LogP) is 4.33. The maximum atomic E-state index is 13.1. The molecule has 0 aliphatic rings. The standard InChI is InChI=1S/C22H26ClN3O4S/c1-25(2)10-5-11-26(21(27)14-30-16-8-6-15(23)7-9-16)22-24-17-12-18(28-3)19(29-4)13-20(17)31-22/h6-9,12-13H,5,10-11,14H2,1-4H3. The number of carbonyl (C=O) groups excluding carboxylic acids is 1. The summed E-state index contributed by atoms with van der Waals surface area (Å²) in [5.41, 5.74) is 0.752. The van der Waals surface area contributed by atoms with E-state index in [1.807, 2.05) is 26.2 Å². The molecule has 0 bridgehead atoms. The lowest BCUT2D eigenvalue weighted by Crippen LogP contribution is -2.36. The molecule has 0 spiro atoms. The lowest BCUT2D eigenvalue weighted by Gasteiger charge is -2.21. The van der Waals surface area contributed by atoms with Gasteiger partial charge >= 0.3 is 0 Å². The number of anilines is 1. The molecule has 0 N–H and O–H groups in total. The number of thiazole rings is 1. The van der Waals surface area contributed by atoms with Gasteiger partial charge in [-0.25, -0.2) is 4.98 Å². The molecule has 0 saturated heterocycles. The molecule has 1 aromatic heterocycles. The predicted molar refractivity (Wildman–Crippen MR) is 125 cm³/mol. The molecule has 0 aliphatic carbocycles. The summed E-state index contributed by atoms with van der Waals surface area (Å²) in [6, 6.07) is 10.6.